The van der Waals surface area contributed by atoms with Crippen molar-refractivity contribution in [2.45, 2.75) is 78.7 Å². The third kappa shape index (κ3) is 9.90. The first-order valence-electron chi connectivity index (χ1n) is 8.20. The number of nitrogens with zero attached hydrogens (tertiary/aromatic N) is 1. The second-order valence-electron chi connectivity index (χ2n) is 5.41. The van der Waals surface area contributed by atoms with Gasteiger partial charge in [-0.3, -0.25) is 0 Å². The number of rotatable bonds is 13. The van der Waals surface area contributed by atoms with E-state index in [1.165, 1.54) is 64.6 Å². The summed E-state index contributed by atoms with van der Waals surface area (Å²) in [5.41, 5.74) is 0. The van der Waals surface area contributed by atoms with Crippen LogP contribution < -0.4 is 5.32 Å². The molecule has 0 heterocycles. The van der Waals surface area contributed by atoms with Crippen LogP contribution in [0.15, 0.2) is 0 Å². The molecule has 0 aromatic rings. The molecule has 0 bridgehead atoms. The Bertz CT molecular complexity index is 159. The van der Waals surface area contributed by atoms with Gasteiger partial charge in [0.1, 0.15) is 0 Å². The van der Waals surface area contributed by atoms with Gasteiger partial charge in [0.2, 0.25) is 0 Å². The molecule has 0 aliphatic heterocycles. The van der Waals surface area contributed by atoms with Crippen molar-refractivity contribution in [3.8, 4) is 0 Å². The predicted octanol–water partition coefficient (Wildman–Crippen LogP) is 4.06. The summed E-state index contributed by atoms with van der Waals surface area (Å²) in [6, 6.07) is 0.762. The van der Waals surface area contributed by atoms with E-state index in [-0.39, 0.29) is 0 Å². The zero-order valence-electron chi connectivity index (χ0n) is 13.3. The third-order valence-electron chi connectivity index (χ3n) is 3.81. The fourth-order valence-corrected chi connectivity index (χ4v) is 2.27. The van der Waals surface area contributed by atoms with Gasteiger partial charge in [-0.2, -0.15) is 0 Å². The van der Waals surface area contributed by atoms with Gasteiger partial charge in [0.05, 0.1) is 0 Å². The van der Waals surface area contributed by atoms with Crippen molar-refractivity contribution < 1.29 is 0 Å². The van der Waals surface area contributed by atoms with Gasteiger partial charge in [-0.1, -0.05) is 40.0 Å². The van der Waals surface area contributed by atoms with Crippen molar-refractivity contribution in [2.75, 3.05) is 26.2 Å². The fourth-order valence-electron chi connectivity index (χ4n) is 2.27. The van der Waals surface area contributed by atoms with Gasteiger partial charge in [0.25, 0.3) is 0 Å². The van der Waals surface area contributed by atoms with Crippen molar-refractivity contribution >= 4 is 0 Å². The monoisotopic (exact) mass is 256 g/mol. The smallest absolute Gasteiger partial charge is 0.00643 e. The molecule has 110 valence electrons. The maximum absolute atomic E-state index is 3.39. The molecule has 2 heteroatoms. The van der Waals surface area contributed by atoms with Crippen LogP contribution in [0.3, 0.4) is 0 Å². The van der Waals surface area contributed by atoms with Crippen molar-refractivity contribution in [3.05, 3.63) is 0 Å². The molecule has 0 spiro atoms. The Morgan fingerprint density at radius 3 is 2.17 bits per heavy atom. The van der Waals surface area contributed by atoms with E-state index in [1.807, 2.05) is 0 Å². The molecule has 0 radical (unpaired) electrons. The van der Waals surface area contributed by atoms with E-state index in [2.05, 4.69) is 37.9 Å². The van der Waals surface area contributed by atoms with Gasteiger partial charge in [-0.25, -0.2) is 0 Å². The standard InChI is InChI=1S/C16H36N2/c1-5-8-14-18(16(4)6-2)15-12-10-9-11-13-17-7-3/h16-17H,5-15H2,1-4H3. The molecule has 18 heavy (non-hydrogen) atoms. The molecule has 1 unspecified atom stereocenters. The number of unbranched alkanes of at least 4 members (excludes halogenated alkanes) is 4. The molecule has 0 amide bonds. The Hall–Kier alpha value is -0.0800. The number of hydrogen-bond acceptors (Lipinski definition) is 2. The van der Waals surface area contributed by atoms with E-state index in [0.29, 0.717) is 0 Å². The first kappa shape index (κ1) is 17.9. The molecule has 0 aliphatic carbocycles. The first-order chi connectivity index (χ1) is 8.76. The van der Waals surface area contributed by atoms with E-state index in [1.54, 1.807) is 0 Å². The minimum atomic E-state index is 0.762. The van der Waals surface area contributed by atoms with Crippen LogP contribution in [0.5, 0.6) is 0 Å². The quantitative estimate of drug-likeness (QED) is 0.500. The Kier molecular flexibility index (Phi) is 13.3. The summed E-state index contributed by atoms with van der Waals surface area (Å²) in [4.78, 5) is 2.69. The second kappa shape index (κ2) is 13.4. The highest BCUT2D eigenvalue weighted by Crippen LogP contribution is 2.09. The fraction of sp³-hybridized carbons (Fsp3) is 1.00. The van der Waals surface area contributed by atoms with E-state index in [0.717, 1.165) is 12.6 Å². The Morgan fingerprint density at radius 1 is 0.889 bits per heavy atom. The van der Waals surface area contributed by atoms with Crippen LogP contribution in [0.1, 0.15) is 72.6 Å². The summed E-state index contributed by atoms with van der Waals surface area (Å²) in [6.45, 7) is 14.0. The molecule has 0 rings (SSSR count). The van der Waals surface area contributed by atoms with Gasteiger partial charge < -0.3 is 10.2 Å². The minimum absolute atomic E-state index is 0.762. The molecule has 0 aromatic carbocycles. The highest BCUT2D eigenvalue weighted by atomic mass is 15.1. The van der Waals surface area contributed by atoms with Gasteiger partial charge >= 0.3 is 0 Å². The molecule has 1 atom stereocenters. The molecule has 1 N–H and O–H groups in total. The lowest BCUT2D eigenvalue weighted by molar-refractivity contribution is 0.196. The molecule has 2 nitrogen and oxygen atoms in total. The number of hydrogen-bond donors (Lipinski definition) is 1. The maximum Gasteiger partial charge on any atom is 0.00643 e. The highest BCUT2D eigenvalue weighted by molar-refractivity contribution is 4.65. The Balaban J connectivity index is 3.56. The summed E-state index contributed by atoms with van der Waals surface area (Å²) in [5.74, 6) is 0. The van der Waals surface area contributed by atoms with Crippen molar-refractivity contribution in [3.63, 3.8) is 0 Å². The molecule has 0 fully saturated rings. The van der Waals surface area contributed by atoms with E-state index in [9.17, 15) is 0 Å². The van der Waals surface area contributed by atoms with Gasteiger partial charge in [0.15, 0.2) is 0 Å². The van der Waals surface area contributed by atoms with Gasteiger partial charge in [-0.15, -0.1) is 0 Å². The molecule has 0 aromatic heterocycles. The van der Waals surface area contributed by atoms with Crippen LogP contribution in [0.4, 0.5) is 0 Å². The van der Waals surface area contributed by atoms with Crippen LogP contribution in [-0.4, -0.2) is 37.1 Å². The minimum Gasteiger partial charge on any atom is -0.317 e. The molecule has 0 saturated heterocycles. The van der Waals surface area contributed by atoms with Crippen LogP contribution in [0.25, 0.3) is 0 Å². The van der Waals surface area contributed by atoms with E-state index >= 15 is 0 Å². The molecule has 0 saturated carbocycles. The van der Waals surface area contributed by atoms with Crippen molar-refractivity contribution in [2.24, 2.45) is 0 Å². The van der Waals surface area contributed by atoms with Gasteiger partial charge in [-0.05, 0) is 58.8 Å². The predicted molar refractivity (Wildman–Crippen MR) is 83.2 cm³/mol. The lowest BCUT2D eigenvalue weighted by atomic mass is 10.1. The molecular weight excluding hydrogens is 220 g/mol. The van der Waals surface area contributed by atoms with E-state index < -0.39 is 0 Å². The number of nitrogens with one attached hydrogen (secondary N) is 1. The molecule has 0 aliphatic rings. The summed E-state index contributed by atoms with van der Waals surface area (Å²) in [7, 11) is 0. The topological polar surface area (TPSA) is 15.3 Å². The zero-order chi connectivity index (χ0) is 13.6. The Labute approximate surface area is 116 Å². The first-order valence-corrected chi connectivity index (χ1v) is 8.20. The van der Waals surface area contributed by atoms with E-state index in [4.69, 9.17) is 0 Å². The summed E-state index contributed by atoms with van der Waals surface area (Å²) < 4.78 is 0. The second-order valence-corrected chi connectivity index (χ2v) is 5.41. The Morgan fingerprint density at radius 2 is 1.56 bits per heavy atom. The molecular formula is C16H36N2. The van der Waals surface area contributed by atoms with Crippen LogP contribution in [-0.2, 0) is 0 Å². The van der Waals surface area contributed by atoms with Gasteiger partial charge in [0, 0.05) is 6.04 Å². The van der Waals surface area contributed by atoms with Crippen LogP contribution in [0, 0.1) is 0 Å². The highest BCUT2D eigenvalue weighted by Gasteiger charge is 2.10. The average Bonchev–Trinajstić information content (AvgIpc) is 2.40. The largest absolute Gasteiger partial charge is 0.317 e. The normalized spacial score (nSPS) is 13.2. The summed E-state index contributed by atoms with van der Waals surface area (Å²) in [6.07, 6.45) is 9.44. The maximum atomic E-state index is 3.39. The SMILES string of the molecule is CCCCN(CCCCCCNCC)C(C)CC. The zero-order valence-corrected chi connectivity index (χ0v) is 13.3. The lowest BCUT2D eigenvalue weighted by Gasteiger charge is -2.28. The third-order valence-corrected chi connectivity index (χ3v) is 3.81. The van der Waals surface area contributed by atoms with Crippen molar-refractivity contribution in [1.82, 2.24) is 10.2 Å². The average molecular weight is 256 g/mol. The summed E-state index contributed by atoms with van der Waals surface area (Å²) >= 11 is 0. The summed E-state index contributed by atoms with van der Waals surface area (Å²) in [5, 5.41) is 3.39. The lowest BCUT2D eigenvalue weighted by Crippen LogP contribution is -2.34. The van der Waals surface area contributed by atoms with Crippen LogP contribution >= 0.6 is 0 Å². The van der Waals surface area contributed by atoms with Crippen LogP contribution in [0.2, 0.25) is 0 Å². The van der Waals surface area contributed by atoms with Crippen molar-refractivity contribution in [1.29, 1.82) is 0 Å².